The number of carboxylic acid groups (broad SMARTS) is 1. The molecule has 2 aliphatic heterocycles. The molecule has 0 radical (unpaired) electrons. The van der Waals surface area contributed by atoms with E-state index in [0.29, 0.717) is 16.4 Å². The molecule has 2 N–H and O–H groups in total. The van der Waals surface area contributed by atoms with E-state index in [1.54, 1.807) is 95.7 Å². The highest BCUT2D eigenvalue weighted by Crippen LogP contribution is 2.49. The summed E-state index contributed by atoms with van der Waals surface area (Å²) in [5, 5.41) is 24.7. The van der Waals surface area contributed by atoms with Crippen LogP contribution in [0.15, 0.2) is 91.0 Å². The SMILES string of the molecule is COc1ccc(COc2ccc(C(=O)N(Cc3nnn([C@]4(C(=O)O)CN5C(=O)[C@@H](NC(=O)Cc6ccccc6)[C@H]5S4)n3)C(=O)OC(C)(C)C)c(Cl)c2OCc2ccc(OC)cc2)cc1. The number of thioether (sulfide) groups is 1. The molecule has 7 rings (SSSR count). The number of fused-ring (bicyclic) bond motifs is 1. The van der Waals surface area contributed by atoms with Gasteiger partial charge in [0.2, 0.25) is 16.7 Å². The van der Waals surface area contributed by atoms with Gasteiger partial charge in [0.15, 0.2) is 17.3 Å². The summed E-state index contributed by atoms with van der Waals surface area (Å²) >= 11 is 7.84. The van der Waals surface area contributed by atoms with Crippen LogP contribution in [-0.2, 0) is 50.2 Å². The number of aromatic nitrogens is 4. The van der Waals surface area contributed by atoms with Crippen molar-refractivity contribution in [3.05, 3.63) is 124 Å². The minimum absolute atomic E-state index is 0.0110. The van der Waals surface area contributed by atoms with Crippen LogP contribution in [0.4, 0.5) is 4.79 Å². The number of halogens is 1. The largest absolute Gasteiger partial charge is 0.497 e. The number of carboxylic acids is 1. The Hall–Kier alpha value is -6.86. The van der Waals surface area contributed by atoms with E-state index in [1.165, 1.54) is 17.0 Å². The van der Waals surface area contributed by atoms with Crippen LogP contribution in [0.2, 0.25) is 5.02 Å². The number of hydrogen-bond acceptors (Lipinski definition) is 14. The molecule has 18 nitrogen and oxygen atoms in total. The van der Waals surface area contributed by atoms with Gasteiger partial charge in [0.1, 0.15) is 41.7 Å². The Morgan fingerprint density at radius 3 is 2.11 bits per heavy atom. The number of carbonyl (C=O) groups excluding carboxylic acids is 4. The molecule has 3 atom stereocenters. The zero-order chi connectivity index (χ0) is 45.8. The summed E-state index contributed by atoms with van der Waals surface area (Å²) < 4.78 is 28.5. The molecule has 0 saturated carbocycles. The van der Waals surface area contributed by atoms with Crippen LogP contribution >= 0.6 is 23.4 Å². The smallest absolute Gasteiger partial charge is 0.417 e. The van der Waals surface area contributed by atoms with Crippen molar-refractivity contribution in [1.29, 1.82) is 0 Å². The summed E-state index contributed by atoms with van der Waals surface area (Å²) in [6, 6.07) is 25.2. The fraction of sp³-hybridized carbons (Fsp3) is 0.318. The minimum Gasteiger partial charge on any atom is -0.497 e. The number of nitrogens with one attached hydrogen (secondary N) is 1. The molecule has 4 amide bonds. The normalized spacial score (nSPS) is 17.7. The number of hydrogen-bond donors (Lipinski definition) is 2. The summed E-state index contributed by atoms with van der Waals surface area (Å²) in [4.78, 5) is 68.2. The molecule has 0 unspecified atom stereocenters. The first-order valence-corrected chi connectivity index (χ1v) is 21.1. The van der Waals surface area contributed by atoms with E-state index in [-0.39, 0.29) is 54.1 Å². The quantitative estimate of drug-likeness (QED) is 0.118. The number of rotatable bonds is 16. The number of β-lactam (4-membered cyclic amide) rings is 1. The molecule has 0 aliphatic carbocycles. The van der Waals surface area contributed by atoms with Crippen LogP contribution in [0.5, 0.6) is 23.0 Å². The molecule has 1 aromatic heterocycles. The van der Waals surface area contributed by atoms with Crippen molar-refractivity contribution < 1.29 is 52.8 Å². The maximum absolute atomic E-state index is 14.5. The molecule has 0 bridgehead atoms. The molecule has 4 aromatic carbocycles. The Morgan fingerprint density at radius 1 is 0.891 bits per heavy atom. The van der Waals surface area contributed by atoms with Gasteiger partial charge in [-0.1, -0.05) is 78.0 Å². The average molecular weight is 914 g/mol. The van der Waals surface area contributed by atoms with Gasteiger partial charge < -0.3 is 39.0 Å². The topological polar surface area (TPSA) is 214 Å². The lowest BCUT2D eigenvalue weighted by atomic mass is 10.1. The Balaban J connectivity index is 1.14. The maximum Gasteiger partial charge on any atom is 0.417 e. The van der Waals surface area contributed by atoms with Gasteiger partial charge in [0.25, 0.3) is 5.91 Å². The van der Waals surface area contributed by atoms with E-state index in [9.17, 15) is 29.1 Å². The average Bonchev–Trinajstić information content (AvgIpc) is 3.91. The second kappa shape index (κ2) is 18.9. The van der Waals surface area contributed by atoms with Gasteiger partial charge in [0.05, 0.1) is 44.3 Å². The van der Waals surface area contributed by atoms with Gasteiger partial charge in [0, 0.05) is 0 Å². The predicted octanol–water partition coefficient (Wildman–Crippen LogP) is 5.46. The highest BCUT2D eigenvalue weighted by molar-refractivity contribution is 8.01. The molecule has 0 spiro atoms. The van der Waals surface area contributed by atoms with Gasteiger partial charge in [-0.15, -0.1) is 15.0 Å². The number of methoxy groups -OCH3 is 2. The van der Waals surface area contributed by atoms with Crippen LogP contribution in [0.25, 0.3) is 0 Å². The van der Waals surface area contributed by atoms with E-state index in [0.717, 1.165) is 33.2 Å². The van der Waals surface area contributed by atoms with E-state index >= 15 is 0 Å². The third kappa shape index (κ3) is 9.84. The zero-order valence-electron chi connectivity index (χ0n) is 35.3. The summed E-state index contributed by atoms with van der Waals surface area (Å²) in [5.74, 6) is -1.90. The lowest BCUT2D eigenvalue weighted by Crippen LogP contribution is -2.67. The molecule has 64 heavy (non-hydrogen) atoms. The molecule has 2 aliphatic rings. The number of amides is 4. The monoisotopic (exact) mass is 913 g/mol. The van der Waals surface area contributed by atoms with Gasteiger partial charge in [-0.2, -0.15) is 0 Å². The van der Waals surface area contributed by atoms with Crippen molar-refractivity contribution in [2.45, 2.75) is 68.8 Å². The van der Waals surface area contributed by atoms with Crippen molar-refractivity contribution >= 4 is 53.1 Å². The van der Waals surface area contributed by atoms with Gasteiger partial charge in [-0.25, -0.2) is 14.5 Å². The first kappa shape index (κ1) is 45.2. The highest BCUT2D eigenvalue weighted by Gasteiger charge is 2.64. The van der Waals surface area contributed by atoms with Crippen molar-refractivity contribution in [3.63, 3.8) is 0 Å². The Morgan fingerprint density at radius 2 is 1.52 bits per heavy atom. The number of carbonyl (C=O) groups is 5. The van der Waals surface area contributed by atoms with E-state index in [1.807, 2.05) is 18.2 Å². The molecule has 2 saturated heterocycles. The fourth-order valence-electron chi connectivity index (χ4n) is 6.74. The van der Waals surface area contributed by atoms with Crippen LogP contribution in [0, 0.1) is 0 Å². The highest BCUT2D eigenvalue weighted by atomic mass is 35.5. The molecular formula is C44H44ClN7O11S. The van der Waals surface area contributed by atoms with Crippen molar-refractivity contribution in [3.8, 4) is 23.0 Å². The molecule has 20 heteroatoms. The first-order chi connectivity index (χ1) is 30.6. The Labute approximate surface area is 376 Å². The summed E-state index contributed by atoms with van der Waals surface area (Å²) in [5.41, 5.74) is 1.07. The number of tetrazole rings is 1. The molecule has 3 heterocycles. The number of benzene rings is 4. The van der Waals surface area contributed by atoms with Crippen LogP contribution in [0.3, 0.4) is 0 Å². The number of nitrogens with zero attached hydrogens (tertiary/aromatic N) is 6. The molecule has 334 valence electrons. The fourth-order valence-corrected chi connectivity index (χ4v) is 8.54. The third-order valence-corrected chi connectivity index (χ3v) is 12.0. The minimum atomic E-state index is -1.97. The summed E-state index contributed by atoms with van der Waals surface area (Å²) in [6.45, 7) is 3.98. The molecule has 5 aromatic rings. The first-order valence-electron chi connectivity index (χ1n) is 19.8. The van der Waals surface area contributed by atoms with Crippen molar-refractivity contribution in [1.82, 2.24) is 35.3 Å². The van der Waals surface area contributed by atoms with Gasteiger partial charge in [-0.05, 0) is 79.1 Å². The standard InChI is InChI=1S/C44H44ClN7O11S/c1-43(2,3)63-42(58)50(22-33-47-49-52(48-33)44(41(56)57)25-51-39(55)36(40(51)64-44)46-34(53)21-26-9-7-6-8-10-26)38(54)31-19-20-32(61-23-27-11-15-29(59-4)16-12-27)37(35(31)45)62-24-28-13-17-30(60-5)18-14-28/h6-20,36,40H,21-25H2,1-5H3,(H,46,53)(H,56,57)/t36-,40-,44-/m1/s1. The third-order valence-electron chi connectivity index (χ3n) is 10.0. The van der Waals surface area contributed by atoms with Gasteiger partial charge in [-0.3, -0.25) is 14.4 Å². The second-order valence-electron chi connectivity index (χ2n) is 15.7. The van der Waals surface area contributed by atoms with Crippen LogP contribution in [0.1, 0.15) is 53.6 Å². The lowest BCUT2D eigenvalue weighted by molar-refractivity contribution is -0.151. The Kier molecular flexibility index (Phi) is 13.3. The van der Waals surface area contributed by atoms with Crippen molar-refractivity contribution in [2.24, 2.45) is 0 Å². The van der Waals surface area contributed by atoms with Gasteiger partial charge >= 0.3 is 12.1 Å². The van der Waals surface area contributed by atoms with E-state index in [2.05, 4.69) is 20.7 Å². The predicted molar refractivity (Wildman–Crippen MR) is 231 cm³/mol. The molecular weight excluding hydrogens is 870 g/mol. The number of aliphatic carboxylic acids is 1. The Bertz CT molecular complexity index is 2540. The van der Waals surface area contributed by atoms with E-state index < -0.39 is 58.2 Å². The summed E-state index contributed by atoms with van der Waals surface area (Å²) in [7, 11) is 3.12. The van der Waals surface area contributed by atoms with Crippen LogP contribution < -0.4 is 24.3 Å². The lowest BCUT2D eigenvalue weighted by Gasteiger charge is -2.41. The zero-order valence-corrected chi connectivity index (χ0v) is 36.9. The van der Waals surface area contributed by atoms with Crippen LogP contribution in [-0.4, -0.2) is 103 Å². The van der Waals surface area contributed by atoms with Crippen molar-refractivity contribution in [2.75, 3.05) is 20.8 Å². The van der Waals surface area contributed by atoms with E-state index in [4.69, 9.17) is 35.3 Å². The second-order valence-corrected chi connectivity index (χ2v) is 17.4. The number of ether oxygens (including phenoxy) is 5. The summed E-state index contributed by atoms with van der Waals surface area (Å²) in [6.07, 6.45) is -1.06. The maximum atomic E-state index is 14.5. The number of imide groups is 1. The molecule has 2 fully saturated rings.